The summed E-state index contributed by atoms with van der Waals surface area (Å²) in [5, 5.41) is 2.79. The molecule has 3 aromatic rings. The van der Waals surface area contributed by atoms with E-state index in [0.29, 0.717) is 17.2 Å². The zero-order valence-corrected chi connectivity index (χ0v) is 20.5. The van der Waals surface area contributed by atoms with Gasteiger partial charge in [-0.1, -0.05) is 23.8 Å². The lowest BCUT2D eigenvalue weighted by molar-refractivity contribution is -0.114. The van der Waals surface area contributed by atoms with Crippen molar-refractivity contribution in [2.45, 2.75) is 16.7 Å². The molecule has 1 amide bonds. The number of amides is 1. The van der Waals surface area contributed by atoms with Gasteiger partial charge in [0.15, 0.2) is 11.5 Å². The Labute approximate surface area is 198 Å². The Hall–Kier alpha value is -3.17. The van der Waals surface area contributed by atoms with Gasteiger partial charge in [-0.2, -0.15) is 0 Å². The van der Waals surface area contributed by atoms with Crippen molar-refractivity contribution in [2.24, 2.45) is 0 Å². The molecule has 0 bridgehead atoms. The van der Waals surface area contributed by atoms with E-state index in [1.165, 1.54) is 32.4 Å². The number of anilines is 2. The van der Waals surface area contributed by atoms with Gasteiger partial charge in [0.25, 0.3) is 10.0 Å². The van der Waals surface area contributed by atoms with E-state index in [9.17, 15) is 13.2 Å². The van der Waals surface area contributed by atoms with Crippen molar-refractivity contribution in [3.63, 3.8) is 0 Å². The third kappa shape index (κ3) is 5.80. The Morgan fingerprint density at radius 3 is 2.30 bits per heavy atom. The Kier molecular flexibility index (Phi) is 7.88. The predicted octanol–water partition coefficient (Wildman–Crippen LogP) is 4.57. The first-order valence-electron chi connectivity index (χ1n) is 10.0. The number of hydrogen-bond acceptors (Lipinski definition) is 6. The molecule has 0 saturated carbocycles. The second-order valence-corrected chi connectivity index (χ2v) is 9.89. The van der Waals surface area contributed by atoms with Crippen LogP contribution in [0, 0.1) is 6.92 Å². The quantitative estimate of drug-likeness (QED) is 0.446. The number of nitrogens with one attached hydrogen (secondary N) is 1. The first kappa shape index (κ1) is 24.5. The van der Waals surface area contributed by atoms with E-state index in [-0.39, 0.29) is 10.6 Å². The first-order chi connectivity index (χ1) is 15.8. The molecule has 0 spiro atoms. The van der Waals surface area contributed by atoms with Gasteiger partial charge in [0.05, 0.1) is 24.8 Å². The number of sulfonamides is 1. The minimum atomic E-state index is -4.04. The van der Waals surface area contributed by atoms with Crippen LogP contribution in [-0.4, -0.2) is 41.3 Å². The lowest BCUT2D eigenvalue weighted by Gasteiger charge is -2.25. The molecule has 3 aromatic carbocycles. The van der Waals surface area contributed by atoms with Gasteiger partial charge < -0.3 is 14.8 Å². The summed E-state index contributed by atoms with van der Waals surface area (Å²) in [5.41, 5.74) is 1.80. The summed E-state index contributed by atoms with van der Waals surface area (Å²) in [7, 11) is -1.08. The largest absolute Gasteiger partial charge is 0.493 e. The van der Waals surface area contributed by atoms with Crippen LogP contribution >= 0.6 is 11.8 Å². The molecule has 9 heteroatoms. The van der Waals surface area contributed by atoms with Crippen LogP contribution in [-0.2, 0) is 14.8 Å². The third-order valence-corrected chi connectivity index (χ3v) is 7.42. The fraction of sp³-hybridized carbons (Fsp3) is 0.208. The maximum absolute atomic E-state index is 13.6. The van der Waals surface area contributed by atoms with Gasteiger partial charge in [0, 0.05) is 16.6 Å². The third-order valence-electron chi connectivity index (χ3n) is 4.90. The number of rotatable bonds is 9. The van der Waals surface area contributed by atoms with Crippen molar-refractivity contribution in [1.82, 2.24) is 0 Å². The molecule has 0 atom stereocenters. The van der Waals surface area contributed by atoms with Gasteiger partial charge in [0.2, 0.25) is 5.91 Å². The molecule has 3 rings (SSSR count). The highest BCUT2D eigenvalue weighted by molar-refractivity contribution is 7.98. The molecule has 1 N–H and O–H groups in total. The van der Waals surface area contributed by atoms with Gasteiger partial charge in [-0.05, 0) is 55.6 Å². The minimum Gasteiger partial charge on any atom is -0.493 e. The van der Waals surface area contributed by atoms with E-state index in [1.54, 1.807) is 42.1 Å². The van der Waals surface area contributed by atoms with Crippen molar-refractivity contribution in [2.75, 3.05) is 36.6 Å². The Balaban J connectivity index is 1.99. The van der Waals surface area contributed by atoms with Gasteiger partial charge >= 0.3 is 0 Å². The fourth-order valence-corrected chi connectivity index (χ4v) is 5.04. The van der Waals surface area contributed by atoms with Crippen molar-refractivity contribution >= 4 is 39.1 Å². The monoisotopic (exact) mass is 486 g/mol. The highest BCUT2D eigenvalue weighted by Gasteiger charge is 2.28. The molecule has 0 aromatic heterocycles. The normalized spacial score (nSPS) is 11.0. The van der Waals surface area contributed by atoms with Crippen LogP contribution in [0.3, 0.4) is 0 Å². The predicted molar refractivity (Wildman–Crippen MR) is 132 cm³/mol. The SMILES string of the molecule is COc1ccc(N(CC(=O)Nc2cccc(SC)c2)S(=O)(=O)c2ccc(C)cc2)cc1OC. The standard InChI is InChI=1S/C24H26N2O5S2/c1-17-8-11-21(12-9-17)33(28,29)26(19-10-13-22(30-2)23(15-19)31-3)16-24(27)25-18-6-5-7-20(14-18)32-4/h5-15H,16H2,1-4H3,(H,25,27). The van der Waals surface area contributed by atoms with Crippen LogP contribution in [0.2, 0.25) is 0 Å². The second-order valence-electron chi connectivity index (χ2n) is 7.14. The van der Waals surface area contributed by atoms with Crippen LogP contribution in [0.15, 0.2) is 76.5 Å². The minimum absolute atomic E-state index is 0.0834. The molecule has 33 heavy (non-hydrogen) atoms. The summed E-state index contributed by atoms with van der Waals surface area (Å²) in [6, 6.07) is 18.5. The zero-order valence-electron chi connectivity index (χ0n) is 18.9. The molecule has 0 unspecified atom stereocenters. The second kappa shape index (κ2) is 10.6. The highest BCUT2D eigenvalue weighted by atomic mass is 32.2. The number of ether oxygens (including phenoxy) is 2. The number of benzene rings is 3. The number of thioether (sulfide) groups is 1. The summed E-state index contributed by atoms with van der Waals surface area (Å²) < 4.78 is 38.8. The molecular weight excluding hydrogens is 460 g/mol. The molecule has 0 fully saturated rings. The van der Waals surface area contributed by atoms with Gasteiger partial charge in [0.1, 0.15) is 6.54 Å². The zero-order chi connectivity index (χ0) is 24.0. The number of carbonyl (C=O) groups is 1. The van der Waals surface area contributed by atoms with Crippen LogP contribution in [0.5, 0.6) is 11.5 Å². The molecule has 0 heterocycles. The average molecular weight is 487 g/mol. The summed E-state index contributed by atoms with van der Waals surface area (Å²) in [5.74, 6) is 0.332. The Morgan fingerprint density at radius 2 is 1.67 bits per heavy atom. The van der Waals surface area contributed by atoms with Crippen molar-refractivity contribution in [1.29, 1.82) is 0 Å². The topological polar surface area (TPSA) is 84.9 Å². The Morgan fingerprint density at radius 1 is 0.970 bits per heavy atom. The lowest BCUT2D eigenvalue weighted by atomic mass is 10.2. The number of hydrogen-bond donors (Lipinski definition) is 1. The number of methoxy groups -OCH3 is 2. The maximum Gasteiger partial charge on any atom is 0.264 e. The Bertz CT molecular complexity index is 1230. The van der Waals surface area contributed by atoms with Crippen molar-refractivity contribution in [3.05, 3.63) is 72.3 Å². The van der Waals surface area contributed by atoms with Crippen molar-refractivity contribution in [3.8, 4) is 11.5 Å². The van der Waals surface area contributed by atoms with E-state index in [0.717, 1.165) is 14.8 Å². The molecule has 0 saturated heterocycles. The average Bonchev–Trinajstić information content (AvgIpc) is 2.82. The summed E-state index contributed by atoms with van der Waals surface area (Å²) in [6.07, 6.45) is 1.94. The number of nitrogens with zero attached hydrogens (tertiary/aromatic N) is 1. The van der Waals surface area contributed by atoms with E-state index >= 15 is 0 Å². The van der Waals surface area contributed by atoms with Crippen LogP contribution < -0.4 is 19.1 Å². The van der Waals surface area contributed by atoms with Gasteiger partial charge in [-0.3, -0.25) is 9.10 Å². The smallest absolute Gasteiger partial charge is 0.264 e. The van der Waals surface area contributed by atoms with Crippen LogP contribution in [0.25, 0.3) is 0 Å². The van der Waals surface area contributed by atoms with E-state index < -0.39 is 22.5 Å². The summed E-state index contributed by atoms with van der Waals surface area (Å²) >= 11 is 1.55. The maximum atomic E-state index is 13.6. The summed E-state index contributed by atoms with van der Waals surface area (Å²) in [6.45, 7) is 1.45. The van der Waals surface area contributed by atoms with Gasteiger partial charge in [-0.25, -0.2) is 8.42 Å². The van der Waals surface area contributed by atoms with Gasteiger partial charge in [-0.15, -0.1) is 11.8 Å². The van der Waals surface area contributed by atoms with E-state index in [2.05, 4.69) is 5.32 Å². The van der Waals surface area contributed by atoms with Crippen molar-refractivity contribution < 1.29 is 22.7 Å². The number of carbonyl (C=O) groups excluding carboxylic acids is 1. The van der Waals surface area contributed by atoms with E-state index in [1.807, 2.05) is 31.4 Å². The van der Waals surface area contributed by atoms with Crippen LogP contribution in [0.4, 0.5) is 11.4 Å². The molecule has 7 nitrogen and oxygen atoms in total. The molecule has 174 valence electrons. The highest BCUT2D eigenvalue weighted by Crippen LogP contribution is 2.34. The first-order valence-corrected chi connectivity index (χ1v) is 12.7. The van der Waals surface area contributed by atoms with Crippen LogP contribution in [0.1, 0.15) is 5.56 Å². The van der Waals surface area contributed by atoms with E-state index in [4.69, 9.17) is 9.47 Å². The molecule has 0 aliphatic carbocycles. The molecule has 0 radical (unpaired) electrons. The molecule has 0 aliphatic heterocycles. The lowest BCUT2D eigenvalue weighted by Crippen LogP contribution is -2.38. The number of aryl methyl sites for hydroxylation is 1. The molecule has 0 aliphatic rings. The summed E-state index contributed by atoms with van der Waals surface area (Å²) in [4.78, 5) is 14.0. The fourth-order valence-electron chi connectivity index (χ4n) is 3.16. The molecular formula is C24H26N2O5S2.